The number of hydrogen-bond donors (Lipinski definition) is 0. The SMILES string of the molecule is CCOC(=O)[C@@H]1[C@H](C#N)[C@@H]2C=C[C@H]1C2. The van der Waals surface area contributed by atoms with Gasteiger partial charge in [-0.05, 0) is 25.2 Å². The van der Waals surface area contributed by atoms with Gasteiger partial charge in [-0.15, -0.1) is 0 Å². The predicted octanol–water partition coefficient (Wildman–Crippen LogP) is 1.51. The van der Waals surface area contributed by atoms with Gasteiger partial charge in [-0.1, -0.05) is 12.2 Å². The molecule has 0 heterocycles. The van der Waals surface area contributed by atoms with Crippen molar-refractivity contribution in [2.45, 2.75) is 13.3 Å². The van der Waals surface area contributed by atoms with E-state index in [1.54, 1.807) is 6.92 Å². The van der Waals surface area contributed by atoms with Crippen LogP contribution in [-0.4, -0.2) is 12.6 Å². The Morgan fingerprint density at radius 2 is 2.29 bits per heavy atom. The van der Waals surface area contributed by atoms with E-state index in [1.807, 2.05) is 0 Å². The number of ether oxygens (including phenoxy) is 1. The molecule has 0 aromatic rings. The molecule has 3 nitrogen and oxygen atoms in total. The van der Waals surface area contributed by atoms with Gasteiger partial charge in [0, 0.05) is 0 Å². The number of carbonyl (C=O) groups is 1. The fraction of sp³-hybridized carbons (Fsp3) is 0.636. The number of nitrogens with zero attached hydrogens (tertiary/aromatic N) is 1. The van der Waals surface area contributed by atoms with E-state index in [0.29, 0.717) is 6.61 Å². The Morgan fingerprint density at radius 1 is 1.57 bits per heavy atom. The molecule has 3 heteroatoms. The van der Waals surface area contributed by atoms with Crippen LogP contribution in [0.25, 0.3) is 0 Å². The molecule has 0 aromatic heterocycles. The first kappa shape index (κ1) is 9.26. The normalized spacial score (nSPS) is 38.3. The molecule has 2 aliphatic carbocycles. The molecular formula is C11H13NO2. The summed E-state index contributed by atoms with van der Waals surface area (Å²) in [5, 5.41) is 8.98. The first-order valence-corrected chi connectivity index (χ1v) is 5.02. The highest BCUT2D eigenvalue weighted by molar-refractivity contribution is 5.75. The van der Waals surface area contributed by atoms with Crippen LogP contribution in [0.1, 0.15) is 13.3 Å². The third kappa shape index (κ3) is 1.22. The highest BCUT2D eigenvalue weighted by atomic mass is 16.5. The van der Waals surface area contributed by atoms with Crippen LogP contribution in [0.3, 0.4) is 0 Å². The lowest BCUT2D eigenvalue weighted by atomic mass is 9.84. The fourth-order valence-electron chi connectivity index (χ4n) is 2.56. The minimum absolute atomic E-state index is 0.163. The number of nitriles is 1. The number of carbonyl (C=O) groups excluding carboxylic acids is 1. The van der Waals surface area contributed by atoms with Gasteiger partial charge in [0.25, 0.3) is 0 Å². The average molecular weight is 191 g/mol. The van der Waals surface area contributed by atoms with Gasteiger partial charge >= 0.3 is 5.97 Å². The summed E-state index contributed by atoms with van der Waals surface area (Å²) in [6, 6.07) is 2.23. The molecule has 0 aliphatic heterocycles. The minimum Gasteiger partial charge on any atom is -0.466 e. The van der Waals surface area contributed by atoms with Crippen LogP contribution in [-0.2, 0) is 9.53 Å². The maximum Gasteiger partial charge on any atom is 0.310 e. The number of rotatable bonds is 2. The van der Waals surface area contributed by atoms with Crippen molar-refractivity contribution in [3.05, 3.63) is 12.2 Å². The molecule has 1 fully saturated rings. The molecule has 0 amide bonds. The summed E-state index contributed by atoms with van der Waals surface area (Å²) in [4.78, 5) is 11.6. The molecule has 0 N–H and O–H groups in total. The smallest absolute Gasteiger partial charge is 0.310 e. The molecule has 0 spiro atoms. The second kappa shape index (κ2) is 3.45. The molecule has 1 saturated carbocycles. The van der Waals surface area contributed by atoms with Crippen LogP contribution in [0.5, 0.6) is 0 Å². The van der Waals surface area contributed by atoms with Crippen molar-refractivity contribution in [1.29, 1.82) is 5.26 Å². The largest absolute Gasteiger partial charge is 0.466 e. The Kier molecular flexibility index (Phi) is 2.28. The van der Waals surface area contributed by atoms with E-state index in [4.69, 9.17) is 10.00 Å². The van der Waals surface area contributed by atoms with Gasteiger partial charge < -0.3 is 4.74 Å². The number of esters is 1. The van der Waals surface area contributed by atoms with Crippen LogP contribution in [0, 0.1) is 35.0 Å². The van der Waals surface area contributed by atoms with Crippen molar-refractivity contribution >= 4 is 5.97 Å². The van der Waals surface area contributed by atoms with Crippen molar-refractivity contribution in [3.63, 3.8) is 0 Å². The Labute approximate surface area is 83.4 Å². The molecule has 0 radical (unpaired) electrons. The summed E-state index contributed by atoms with van der Waals surface area (Å²) >= 11 is 0. The Bertz CT molecular complexity index is 316. The third-order valence-corrected chi connectivity index (χ3v) is 3.17. The van der Waals surface area contributed by atoms with Crippen molar-refractivity contribution < 1.29 is 9.53 Å². The molecule has 0 aromatic carbocycles. The molecule has 0 unspecified atom stereocenters. The topological polar surface area (TPSA) is 50.1 Å². The summed E-state index contributed by atoms with van der Waals surface area (Å²) in [6.07, 6.45) is 5.07. The fourth-order valence-corrected chi connectivity index (χ4v) is 2.56. The molecule has 2 aliphatic rings. The second-order valence-corrected chi connectivity index (χ2v) is 3.88. The van der Waals surface area contributed by atoms with Gasteiger partial charge in [0.2, 0.25) is 0 Å². The summed E-state index contributed by atoms with van der Waals surface area (Å²) in [5.74, 6) is -0.0574. The van der Waals surface area contributed by atoms with Gasteiger partial charge in [-0.2, -0.15) is 5.26 Å². The van der Waals surface area contributed by atoms with E-state index < -0.39 is 0 Å². The van der Waals surface area contributed by atoms with E-state index >= 15 is 0 Å². The summed E-state index contributed by atoms with van der Waals surface area (Å²) in [7, 11) is 0. The predicted molar refractivity (Wildman–Crippen MR) is 50.0 cm³/mol. The van der Waals surface area contributed by atoms with Crippen molar-refractivity contribution in [1.82, 2.24) is 0 Å². The van der Waals surface area contributed by atoms with E-state index in [1.165, 1.54) is 0 Å². The number of allylic oxidation sites excluding steroid dienone is 2. The molecule has 2 rings (SSSR count). The van der Waals surface area contributed by atoms with Gasteiger partial charge in [-0.3, -0.25) is 4.79 Å². The average Bonchev–Trinajstić information content (AvgIpc) is 2.76. The Morgan fingerprint density at radius 3 is 2.93 bits per heavy atom. The zero-order chi connectivity index (χ0) is 10.1. The summed E-state index contributed by atoms with van der Waals surface area (Å²) in [6.45, 7) is 2.19. The maximum atomic E-state index is 11.6. The first-order valence-electron chi connectivity index (χ1n) is 5.02. The highest BCUT2D eigenvalue weighted by Crippen LogP contribution is 2.48. The van der Waals surface area contributed by atoms with Crippen molar-refractivity contribution in [2.24, 2.45) is 23.7 Å². The van der Waals surface area contributed by atoms with E-state index in [9.17, 15) is 4.79 Å². The van der Waals surface area contributed by atoms with Crippen LogP contribution in [0.2, 0.25) is 0 Å². The van der Waals surface area contributed by atoms with Crippen LogP contribution >= 0.6 is 0 Å². The van der Waals surface area contributed by atoms with Crippen molar-refractivity contribution in [3.8, 4) is 6.07 Å². The number of hydrogen-bond acceptors (Lipinski definition) is 3. The van der Waals surface area contributed by atoms with Gasteiger partial charge in [0.1, 0.15) is 0 Å². The van der Waals surface area contributed by atoms with Gasteiger partial charge in [0.15, 0.2) is 0 Å². The quantitative estimate of drug-likeness (QED) is 0.491. The first-order chi connectivity index (χ1) is 6.77. The van der Waals surface area contributed by atoms with E-state index in [-0.39, 0.29) is 29.6 Å². The zero-order valence-corrected chi connectivity index (χ0v) is 8.14. The Hall–Kier alpha value is -1.30. The lowest BCUT2D eigenvalue weighted by Gasteiger charge is -2.20. The molecule has 0 saturated heterocycles. The standard InChI is InChI=1S/C11H13NO2/c1-2-14-11(13)10-8-4-3-7(5-8)9(10)6-12/h3-4,7-10H,2,5H2,1H3/t7-,8+,9-,10+/m1/s1. The summed E-state index contributed by atoms with van der Waals surface area (Å²) in [5.41, 5.74) is 0. The molecule has 74 valence electrons. The molecule has 4 atom stereocenters. The number of fused-ring (bicyclic) bond motifs is 2. The molecule has 14 heavy (non-hydrogen) atoms. The highest BCUT2D eigenvalue weighted by Gasteiger charge is 2.49. The zero-order valence-electron chi connectivity index (χ0n) is 8.14. The van der Waals surface area contributed by atoms with Gasteiger partial charge in [0.05, 0.1) is 24.5 Å². The summed E-state index contributed by atoms with van der Waals surface area (Å²) < 4.78 is 4.99. The van der Waals surface area contributed by atoms with E-state index in [0.717, 1.165) is 6.42 Å². The minimum atomic E-state index is -0.213. The molecule has 2 bridgehead atoms. The molecular weight excluding hydrogens is 178 g/mol. The van der Waals surface area contributed by atoms with Crippen LogP contribution in [0.4, 0.5) is 0 Å². The lowest BCUT2D eigenvalue weighted by Crippen LogP contribution is -2.28. The second-order valence-electron chi connectivity index (χ2n) is 3.88. The van der Waals surface area contributed by atoms with Crippen molar-refractivity contribution in [2.75, 3.05) is 6.61 Å². The Balaban J connectivity index is 2.15. The van der Waals surface area contributed by atoms with E-state index in [2.05, 4.69) is 18.2 Å². The third-order valence-electron chi connectivity index (χ3n) is 3.17. The van der Waals surface area contributed by atoms with Gasteiger partial charge in [-0.25, -0.2) is 0 Å². The maximum absolute atomic E-state index is 11.6. The monoisotopic (exact) mass is 191 g/mol. The van der Waals surface area contributed by atoms with Crippen LogP contribution < -0.4 is 0 Å². The lowest BCUT2D eigenvalue weighted by molar-refractivity contribution is -0.149. The van der Waals surface area contributed by atoms with Crippen LogP contribution in [0.15, 0.2) is 12.2 Å².